The number of nitrogens with one attached hydrogen (secondary N) is 1. The first kappa shape index (κ1) is 9.12. The van der Waals surface area contributed by atoms with Gasteiger partial charge in [-0.05, 0) is 18.2 Å². The quantitative estimate of drug-likeness (QED) is 0.715. The standard InChI is InChI=1S/C11H7BrN2S/c12-7-1-2-10-8(5-7)9(6-14-10)11-13-3-4-15-11/h1-6,14H. The molecule has 0 fully saturated rings. The smallest absolute Gasteiger partial charge is 0.125 e. The molecule has 3 aromatic rings. The second kappa shape index (κ2) is 3.47. The number of aromatic amines is 1. The first-order chi connectivity index (χ1) is 7.34. The van der Waals surface area contributed by atoms with Gasteiger partial charge in [0.15, 0.2) is 0 Å². The van der Waals surface area contributed by atoms with Crippen LogP contribution in [0, 0.1) is 0 Å². The Bertz CT molecular complexity index is 598. The fraction of sp³-hybridized carbons (Fsp3) is 0. The summed E-state index contributed by atoms with van der Waals surface area (Å²) in [5.74, 6) is 0. The molecule has 0 aliphatic carbocycles. The van der Waals surface area contributed by atoms with Gasteiger partial charge in [0, 0.05) is 38.7 Å². The van der Waals surface area contributed by atoms with Crippen LogP contribution < -0.4 is 0 Å². The third-order valence-corrected chi connectivity index (χ3v) is 3.61. The predicted molar refractivity (Wildman–Crippen MR) is 67.1 cm³/mol. The lowest BCUT2D eigenvalue weighted by Crippen LogP contribution is -1.72. The maximum atomic E-state index is 4.32. The second-order valence-corrected chi connectivity index (χ2v) is 5.04. The number of benzene rings is 1. The van der Waals surface area contributed by atoms with E-state index in [1.54, 1.807) is 11.3 Å². The Hall–Kier alpha value is -1.13. The Morgan fingerprint density at radius 1 is 1.33 bits per heavy atom. The molecule has 0 aliphatic heterocycles. The number of halogens is 1. The number of hydrogen-bond acceptors (Lipinski definition) is 2. The van der Waals surface area contributed by atoms with E-state index < -0.39 is 0 Å². The van der Waals surface area contributed by atoms with Gasteiger partial charge in [0.2, 0.25) is 0 Å². The number of thiazole rings is 1. The van der Waals surface area contributed by atoms with E-state index in [1.807, 2.05) is 23.8 Å². The fourth-order valence-electron chi connectivity index (χ4n) is 1.63. The first-order valence-corrected chi connectivity index (χ1v) is 6.18. The predicted octanol–water partition coefficient (Wildman–Crippen LogP) is 4.05. The highest BCUT2D eigenvalue weighted by Crippen LogP contribution is 2.31. The molecular weight excluding hydrogens is 272 g/mol. The zero-order valence-corrected chi connectivity index (χ0v) is 10.1. The summed E-state index contributed by atoms with van der Waals surface area (Å²) >= 11 is 5.14. The molecule has 0 bridgehead atoms. The van der Waals surface area contributed by atoms with Crippen molar-refractivity contribution in [2.24, 2.45) is 0 Å². The summed E-state index contributed by atoms with van der Waals surface area (Å²) < 4.78 is 1.09. The van der Waals surface area contributed by atoms with Gasteiger partial charge in [0.25, 0.3) is 0 Å². The molecule has 0 radical (unpaired) electrons. The van der Waals surface area contributed by atoms with E-state index >= 15 is 0 Å². The van der Waals surface area contributed by atoms with Crippen LogP contribution in [0.25, 0.3) is 21.5 Å². The Morgan fingerprint density at radius 2 is 2.27 bits per heavy atom. The van der Waals surface area contributed by atoms with Gasteiger partial charge in [0.1, 0.15) is 5.01 Å². The topological polar surface area (TPSA) is 28.7 Å². The minimum atomic E-state index is 1.05. The molecule has 0 saturated carbocycles. The molecule has 1 aromatic carbocycles. The van der Waals surface area contributed by atoms with Crippen molar-refractivity contribution in [1.82, 2.24) is 9.97 Å². The lowest BCUT2D eigenvalue weighted by molar-refractivity contribution is 1.41. The first-order valence-electron chi connectivity index (χ1n) is 4.51. The van der Waals surface area contributed by atoms with Crippen molar-refractivity contribution >= 4 is 38.2 Å². The minimum Gasteiger partial charge on any atom is -0.360 e. The van der Waals surface area contributed by atoms with E-state index in [9.17, 15) is 0 Å². The van der Waals surface area contributed by atoms with E-state index in [0.717, 1.165) is 15.0 Å². The van der Waals surface area contributed by atoms with Gasteiger partial charge in [-0.1, -0.05) is 15.9 Å². The molecule has 0 aliphatic rings. The zero-order chi connectivity index (χ0) is 10.3. The molecule has 2 nitrogen and oxygen atoms in total. The normalized spacial score (nSPS) is 11.0. The number of nitrogens with zero attached hydrogens (tertiary/aromatic N) is 1. The lowest BCUT2D eigenvalue weighted by atomic mass is 10.2. The van der Waals surface area contributed by atoms with Crippen LogP contribution in [0.2, 0.25) is 0 Å². The molecule has 15 heavy (non-hydrogen) atoms. The van der Waals surface area contributed by atoms with Crippen LogP contribution in [-0.4, -0.2) is 9.97 Å². The van der Waals surface area contributed by atoms with E-state index in [1.165, 1.54) is 10.9 Å². The number of fused-ring (bicyclic) bond motifs is 1. The summed E-state index contributed by atoms with van der Waals surface area (Å²) in [4.78, 5) is 7.57. The number of rotatable bonds is 1. The van der Waals surface area contributed by atoms with Gasteiger partial charge >= 0.3 is 0 Å². The average Bonchev–Trinajstić information content (AvgIpc) is 2.83. The molecule has 2 aromatic heterocycles. The van der Waals surface area contributed by atoms with Crippen LogP contribution in [0.1, 0.15) is 0 Å². The highest BCUT2D eigenvalue weighted by molar-refractivity contribution is 9.10. The zero-order valence-electron chi connectivity index (χ0n) is 7.70. The monoisotopic (exact) mass is 278 g/mol. The van der Waals surface area contributed by atoms with Crippen LogP contribution >= 0.6 is 27.3 Å². The van der Waals surface area contributed by atoms with Crippen molar-refractivity contribution < 1.29 is 0 Å². The average molecular weight is 279 g/mol. The molecule has 0 saturated heterocycles. The van der Waals surface area contributed by atoms with Gasteiger partial charge in [-0.25, -0.2) is 4.98 Å². The van der Waals surface area contributed by atoms with E-state index in [4.69, 9.17) is 0 Å². The number of hydrogen-bond donors (Lipinski definition) is 1. The number of H-pyrrole nitrogens is 1. The largest absolute Gasteiger partial charge is 0.360 e. The molecule has 4 heteroatoms. The van der Waals surface area contributed by atoms with Crippen molar-refractivity contribution in [3.05, 3.63) is 40.4 Å². The Morgan fingerprint density at radius 3 is 3.07 bits per heavy atom. The summed E-state index contributed by atoms with van der Waals surface area (Å²) in [6.45, 7) is 0. The number of aromatic nitrogens is 2. The fourth-order valence-corrected chi connectivity index (χ4v) is 2.66. The van der Waals surface area contributed by atoms with Crippen LogP contribution in [0.15, 0.2) is 40.4 Å². The third-order valence-electron chi connectivity index (χ3n) is 2.31. The summed E-state index contributed by atoms with van der Waals surface area (Å²) in [7, 11) is 0. The van der Waals surface area contributed by atoms with Crippen LogP contribution in [0.4, 0.5) is 0 Å². The maximum absolute atomic E-state index is 4.32. The van der Waals surface area contributed by atoms with Crippen molar-refractivity contribution in [1.29, 1.82) is 0 Å². The maximum Gasteiger partial charge on any atom is 0.125 e. The van der Waals surface area contributed by atoms with E-state index in [-0.39, 0.29) is 0 Å². The van der Waals surface area contributed by atoms with Crippen molar-refractivity contribution in [2.45, 2.75) is 0 Å². The minimum absolute atomic E-state index is 1.05. The van der Waals surface area contributed by atoms with Crippen molar-refractivity contribution in [3.8, 4) is 10.6 Å². The van der Waals surface area contributed by atoms with E-state index in [2.05, 4.69) is 38.0 Å². The summed E-state index contributed by atoms with van der Waals surface area (Å²) in [5, 5.41) is 4.25. The second-order valence-electron chi connectivity index (χ2n) is 3.23. The van der Waals surface area contributed by atoms with Crippen molar-refractivity contribution in [3.63, 3.8) is 0 Å². The highest BCUT2D eigenvalue weighted by atomic mass is 79.9. The molecular formula is C11H7BrN2S. The Labute approximate surface area is 99.1 Å². The summed E-state index contributed by atoms with van der Waals surface area (Å²) in [6, 6.07) is 6.21. The molecule has 3 rings (SSSR count). The molecule has 0 atom stereocenters. The lowest BCUT2D eigenvalue weighted by Gasteiger charge is -1.94. The molecule has 0 unspecified atom stereocenters. The third kappa shape index (κ3) is 1.50. The molecule has 1 N–H and O–H groups in total. The van der Waals surface area contributed by atoms with Gasteiger partial charge in [-0.3, -0.25) is 0 Å². The van der Waals surface area contributed by atoms with Gasteiger partial charge in [0.05, 0.1) is 0 Å². The molecule has 0 amide bonds. The Balaban J connectivity index is 2.32. The van der Waals surface area contributed by atoms with Crippen LogP contribution in [0.5, 0.6) is 0 Å². The highest BCUT2D eigenvalue weighted by Gasteiger charge is 2.07. The summed E-state index contributed by atoms with van der Waals surface area (Å²) in [5.41, 5.74) is 2.31. The van der Waals surface area contributed by atoms with Crippen LogP contribution in [-0.2, 0) is 0 Å². The summed E-state index contributed by atoms with van der Waals surface area (Å²) in [6.07, 6.45) is 3.84. The van der Waals surface area contributed by atoms with E-state index in [0.29, 0.717) is 0 Å². The SMILES string of the molecule is Brc1ccc2[nH]cc(-c3nccs3)c2c1. The Kier molecular flexibility index (Phi) is 2.11. The van der Waals surface area contributed by atoms with Gasteiger partial charge in [-0.15, -0.1) is 11.3 Å². The van der Waals surface area contributed by atoms with Gasteiger partial charge in [-0.2, -0.15) is 0 Å². The van der Waals surface area contributed by atoms with Crippen molar-refractivity contribution in [2.75, 3.05) is 0 Å². The molecule has 0 spiro atoms. The molecule has 2 heterocycles. The van der Waals surface area contributed by atoms with Crippen LogP contribution in [0.3, 0.4) is 0 Å². The molecule has 74 valence electrons. The van der Waals surface area contributed by atoms with Gasteiger partial charge < -0.3 is 4.98 Å².